The van der Waals surface area contributed by atoms with Crippen molar-refractivity contribution in [3.05, 3.63) is 38.8 Å². The third-order valence-electron chi connectivity index (χ3n) is 2.62. The van der Waals surface area contributed by atoms with Crippen LogP contribution in [0.15, 0.2) is 33.2 Å². The molecule has 0 saturated heterocycles. The van der Waals surface area contributed by atoms with Crippen LogP contribution in [0, 0.1) is 0 Å². The average molecular weight is 361 g/mol. The smallest absolute Gasteiger partial charge is 0.266 e. The van der Waals surface area contributed by atoms with Gasteiger partial charge in [-0.05, 0) is 28.1 Å². The maximum absolute atomic E-state index is 11.8. The van der Waals surface area contributed by atoms with Gasteiger partial charge in [0.15, 0.2) is 5.60 Å². The van der Waals surface area contributed by atoms with E-state index in [4.69, 9.17) is 0 Å². The number of carbonyl (C=O) groups is 2. The summed E-state index contributed by atoms with van der Waals surface area (Å²) in [6.45, 7) is 3.43. The first-order chi connectivity index (χ1) is 7.91. The van der Waals surface area contributed by atoms with Crippen molar-refractivity contribution in [1.29, 1.82) is 0 Å². The summed E-state index contributed by atoms with van der Waals surface area (Å²) in [5.41, 5.74) is -1.44. The number of carbonyl (C=O) groups excluding carboxylic acids is 2. The Morgan fingerprint density at radius 3 is 2.71 bits per heavy atom. The van der Waals surface area contributed by atoms with E-state index >= 15 is 0 Å². The van der Waals surface area contributed by atoms with Gasteiger partial charge in [-0.25, -0.2) is 0 Å². The van der Waals surface area contributed by atoms with Gasteiger partial charge in [0.2, 0.25) is 0 Å². The minimum Gasteiger partial charge on any atom is -0.372 e. The van der Waals surface area contributed by atoms with E-state index in [0.717, 1.165) is 0 Å². The Kier molecular flexibility index (Phi) is 2.97. The topological polar surface area (TPSA) is 66.4 Å². The summed E-state index contributed by atoms with van der Waals surface area (Å²) < 4.78 is 1.29. The highest BCUT2D eigenvalue weighted by Crippen LogP contribution is 2.44. The predicted octanol–water partition coefficient (Wildman–Crippen LogP) is 2.11. The first kappa shape index (κ1) is 12.5. The van der Waals surface area contributed by atoms with E-state index < -0.39 is 11.5 Å². The quantitative estimate of drug-likeness (QED) is 0.627. The van der Waals surface area contributed by atoms with Crippen molar-refractivity contribution in [1.82, 2.24) is 0 Å². The molecule has 1 atom stereocenters. The first-order valence-corrected chi connectivity index (χ1v) is 6.17. The zero-order chi connectivity index (χ0) is 12.8. The lowest BCUT2D eigenvalue weighted by atomic mass is 9.89. The second kappa shape index (κ2) is 4.04. The summed E-state index contributed by atoms with van der Waals surface area (Å²) in [5.74, 6) is -0.677. The Morgan fingerprint density at radius 2 is 2.12 bits per heavy atom. The van der Waals surface area contributed by atoms with Gasteiger partial charge in [0, 0.05) is 20.1 Å². The summed E-state index contributed by atoms with van der Waals surface area (Å²) in [6, 6.07) is 3.31. The number of aliphatic hydroxyl groups is 1. The van der Waals surface area contributed by atoms with Gasteiger partial charge in [0.25, 0.3) is 5.91 Å². The van der Waals surface area contributed by atoms with Crippen molar-refractivity contribution in [3.8, 4) is 0 Å². The molecule has 1 aromatic carbocycles. The maximum atomic E-state index is 11.8. The zero-order valence-corrected chi connectivity index (χ0v) is 11.6. The first-order valence-electron chi connectivity index (χ1n) is 4.59. The molecule has 88 valence electrons. The van der Waals surface area contributed by atoms with Gasteiger partial charge >= 0.3 is 0 Å². The van der Waals surface area contributed by atoms with Crippen molar-refractivity contribution in [2.75, 3.05) is 5.32 Å². The Labute approximate surface area is 114 Å². The van der Waals surface area contributed by atoms with Crippen LogP contribution in [0.5, 0.6) is 0 Å². The van der Waals surface area contributed by atoms with E-state index in [1.807, 2.05) is 0 Å². The molecule has 6 heteroatoms. The Hall–Kier alpha value is -0.980. The van der Waals surface area contributed by atoms with Crippen molar-refractivity contribution in [2.45, 2.75) is 5.60 Å². The van der Waals surface area contributed by atoms with Gasteiger partial charge < -0.3 is 10.4 Å². The van der Waals surface area contributed by atoms with Crippen molar-refractivity contribution in [2.24, 2.45) is 0 Å². The molecule has 0 radical (unpaired) electrons. The summed E-state index contributed by atoms with van der Waals surface area (Å²) >= 11 is 6.53. The summed E-state index contributed by atoms with van der Waals surface area (Å²) in [6.07, 6.45) is 0.378. The number of hydrogen-bond donors (Lipinski definition) is 2. The van der Waals surface area contributed by atoms with Gasteiger partial charge in [-0.1, -0.05) is 22.5 Å². The minimum atomic E-state index is -2.00. The molecule has 0 aromatic heterocycles. The Morgan fingerprint density at radius 1 is 1.47 bits per heavy atom. The lowest BCUT2D eigenvalue weighted by Crippen LogP contribution is -2.36. The van der Waals surface area contributed by atoms with Crippen LogP contribution >= 0.6 is 31.9 Å². The fourth-order valence-corrected chi connectivity index (χ4v) is 3.04. The maximum Gasteiger partial charge on any atom is 0.266 e. The molecule has 0 saturated carbocycles. The molecule has 4 nitrogen and oxygen atoms in total. The number of hydrogen-bond acceptors (Lipinski definition) is 3. The molecule has 1 aliphatic rings. The van der Waals surface area contributed by atoms with Crippen molar-refractivity contribution in [3.63, 3.8) is 0 Å². The van der Waals surface area contributed by atoms with Gasteiger partial charge in [0.05, 0.1) is 5.69 Å². The SMILES string of the molecule is C=C(C=O)C1(O)C(=O)Nc2c(Br)cc(Br)cc21. The van der Waals surface area contributed by atoms with Crippen LogP contribution in [0.4, 0.5) is 5.69 Å². The molecule has 1 unspecified atom stereocenters. The summed E-state index contributed by atoms with van der Waals surface area (Å²) in [7, 11) is 0. The molecule has 17 heavy (non-hydrogen) atoms. The van der Waals surface area contributed by atoms with E-state index in [-0.39, 0.29) is 5.57 Å². The normalized spacial score (nSPS) is 21.9. The van der Waals surface area contributed by atoms with Crippen LogP contribution in [-0.4, -0.2) is 17.3 Å². The third kappa shape index (κ3) is 1.67. The monoisotopic (exact) mass is 359 g/mol. The molecule has 0 aliphatic carbocycles. The second-order valence-electron chi connectivity index (χ2n) is 3.62. The number of rotatable bonds is 2. The van der Waals surface area contributed by atoms with Crippen molar-refractivity contribution < 1.29 is 14.7 Å². The lowest BCUT2D eigenvalue weighted by molar-refractivity contribution is -0.131. The van der Waals surface area contributed by atoms with Crippen LogP contribution in [0.3, 0.4) is 0 Å². The number of benzene rings is 1. The van der Waals surface area contributed by atoms with Gasteiger partial charge in [-0.15, -0.1) is 0 Å². The number of nitrogens with one attached hydrogen (secondary N) is 1. The van der Waals surface area contributed by atoms with Gasteiger partial charge in [0.1, 0.15) is 6.29 Å². The standard InChI is InChI=1S/C11H7Br2NO3/c1-5(4-15)11(17)7-2-6(12)3-8(13)9(7)14-10(11)16/h2-4,17H,1H2,(H,14,16). The Bertz CT molecular complexity index is 556. The number of aldehydes is 1. The van der Waals surface area contributed by atoms with E-state index in [9.17, 15) is 14.7 Å². The van der Waals surface area contributed by atoms with E-state index in [1.165, 1.54) is 0 Å². The van der Waals surface area contributed by atoms with E-state index in [2.05, 4.69) is 43.8 Å². The number of anilines is 1. The molecule has 0 fully saturated rings. The molecular weight excluding hydrogens is 354 g/mol. The summed E-state index contributed by atoms with van der Waals surface area (Å²) in [4.78, 5) is 22.6. The fraction of sp³-hybridized carbons (Fsp3) is 0.0909. The highest BCUT2D eigenvalue weighted by molar-refractivity contribution is 9.11. The van der Waals surface area contributed by atoms with Crippen LogP contribution < -0.4 is 5.32 Å². The molecule has 1 aromatic rings. The van der Waals surface area contributed by atoms with E-state index in [0.29, 0.717) is 26.5 Å². The highest BCUT2D eigenvalue weighted by atomic mass is 79.9. The largest absolute Gasteiger partial charge is 0.372 e. The van der Waals surface area contributed by atoms with E-state index in [1.54, 1.807) is 12.1 Å². The highest BCUT2D eigenvalue weighted by Gasteiger charge is 2.48. The van der Waals surface area contributed by atoms with Crippen LogP contribution in [0.2, 0.25) is 0 Å². The molecule has 1 aliphatic heterocycles. The lowest BCUT2D eigenvalue weighted by Gasteiger charge is -2.20. The van der Waals surface area contributed by atoms with Crippen LogP contribution in [0.1, 0.15) is 5.56 Å². The number of halogens is 2. The Balaban J connectivity index is 2.73. The third-order valence-corrected chi connectivity index (χ3v) is 3.70. The van der Waals surface area contributed by atoms with Crippen LogP contribution in [-0.2, 0) is 15.2 Å². The van der Waals surface area contributed by atoms with Gasteiger partial charge in [-0.3, -0.25) is 9.59 Å². The average Bonchev–Trinajstić information content (AvgIpc) is 2.53. The van der Waals surface area contributed by atoms with Crippen molar-refractivity contribution >= 4 is 49.7 Å². The molecular formula is C11H7Br2NO3. The summed E-state index contributed by atoms with van der Waals surface area (Å²) in [5, 5.41) is 12.9. The molecule has 0 bridgehead atoms. The second-order valence-corrected chi connectivity index (χ2v) is 5.39. The van der Waals surface area contributed by atoms with Crippen LogP contribution in [0.25, 0.3) is 0 Å². The predicted molar refractivity (Wildman–Crippen MR) is 69.6 cm³/mol. The molecule has 2 rings (SSSR count). The molecule has 2 N–H and O–H groups in total. The fourth-order valence-electron chi connectivity index (χ4n) is 1.72. The minimum absolute atomic E-state index is 0.196. The molecule has 0 spiro atoms. The molecule has 1 heterocycles. The number of amides is 1. The number of fused-ring (bicyclic) bond motifs is 1. The molecule has 1 amide bonds. The zero-order valence-electron chi connectivity index (χ0n) is 8.46. The van der Waals surface area contributed by atoms with Gasteiger partial charge in [-0.2, -0.15) is 0 Å².